The highest BCUT2D eigenvalue weighted by Gasteiger charge is 2.18. The third kappa shape index (κ3) is 2.00. The molecular formula is C7H4BrF2NO2. The molecule has 3 nitrogen and oxygen atoms in total. The van der Waals surface area contributed by atoms with Gasteiger partial charge in [0.2, 0.25) is 0 Å². The number of nitro groups is 1. The van der Waals surface area contributed by atoms with E-state index in [4.69, 9.17) is 0 Å². The van der Waals surface area contributed by atoms with Crippen LogP contribution in [0.3, 0.4) is 0 Å². The van der Waals surface area contributed by atoms with Crippen molar-refractivity contribution in [3.05, 3.63) is 38.1 Å². The van der Waals surface area contributed by atoms with E-state index in [9.17, 15) is 18.9 Å². The molecular weight excluding hydrogens is 248 g/mol. The highest BCUT2D eigenvalue weighted by atomic mass is 79.9. The van der Waals surface area contributed by atoms with E-state index < -0.39 is 23.1 Å². The van der Waals surface area contributed by atoms with Crippen LogP contribution in [0.25, 0.3) is 0 Å². The van der Waals surface area contributed by atoms with Crippen LogP contribution in [-0.4, -0.2) is 4.92 Å². The fraction of sp³-hybridized carbons (Fsp3) is 0.143. The van der Waals surface area contributed by atoms with E-state index in [-0.39, 0.29) is 10.0 Å². The minimum absolute atomic E-state index is 0.0710. The van der Waals surface area contributed by atoms with E-state index in [0.29, 0.717) is 6.07 Å². The van der Waals surface area contributed by atoms with Crippen LogP contribution in [-0.2, 0) is 6.67 Å². The summed E-state index contributed by atoms with van der Waals surface area (Å²) in [5.41, 5.74) is -0.694. The number of alkyl halides is 1. The molecule has 0 aromatic heterocycles. The van der Waals surface area contributed by atoms with E-state index in [1.165, 1.54) is 0 Å². The van der Waals surface area contributed by atoms with Crippen molar-refractivity contribution in [3.8, 4) is 0 Å². The number of benzene rings is 1. The van der Waals surface area contributed by atoms with Crippen molar-refractivity contribution < 1.29 is 13.7 Å². The molecule has 0 bridgehead atoms. The van der Waals surface area contributed by atoms with E-state index in [1.54, 1.807) is 0 Å². The molecule has 0 atom stereocenters. The molecule has 1 aromatic carbocycles. The molecule has 0 saturated carbocycles. The summed E-state index contributed by atoms with van der Waals surface area (Å²) in [6.45, 7) is -1.00. The van der Waals surface area contributed by atoms with Crippen molar-refractivity contribution in [3.63, 3.8) is 0 Å². The lowest BCUT2D eigenvalue weighted by atomic mass is 10.2. The number of hydrogen-bond donors (Lipinski definition) is 0. The number of hydrogen-bond acceptors (Lipinski definition) is 2. The highest BCUT2D eigenvalue weighted by Crippen LogP contribution is 2.28. The summed E-state index contributed by atoms with van der Waals surface area (Å²) in [6, 6.07) is 1.68. The van der Waals surface area contributed by atoms with Gasteiger partial charge in [-0.1, -0.05) is 15.9 Å². The summed E-state index contributed by atoms with van der Waals surface area (Å²) in [4.78, 5) is 9.52. The van der Waals surface area contributed by atoms with Crippen LogP contribution >= 0.6 is 15.9 Å². The number of rotatable bonds is 2. The maximum atomic E-state index is 12.6. The van der Waals surface area contributed by atoms with E-state index in [2.05, 4.69) is 15.9 Å². The minimum atomic E-state index is -1.00. The Morgan fingerprint density at radius 2 is 2.15 bits per heavy atom. The second kappa shape index (κ2) is 3.78. The molecule has 0 unspecified atom stereocenters. The Morgan fingerprint density at radius 3 is 2.62 bits per heavy atom. The summed E-state index contributed by atoms with van der Waals surface area (Å²) in [5.74, 6) is -0.768. The molecule has 0 aliphatic carbocycles. The van der Waals surface area contributed by atoms with Gasteiger partial charge in [0.25, 0.3) is 5.69 Å². The second-order valence-corrected chi connectivity index (χ2v) is 3.13. The Bertz CT molecular complexity index is 357. The van der Waals surface area contributed by atoms with Gasteiger partial charge in [-0.05, 0) is 6.07 Å². The Hall–Kier alpha value is -1.04. The zero-order valence-corrected chi connectivity index (χ0v) is 7.85. The van der Waals surface area contributed by atoms with Crippen molar-refractivity contribution in [2.24, 2.45) is 0 Å². The summed E-state index contributed by atoms with van der Waals surface area (Å²) >= 11 is 2.84. The van der Waals surface area contributed by atoms with Gasteiger partial charge < -0.3 is 0 Å². The smallest absolute Gasteiger partial charge is 0.258 e. The molecule has 0 N–H and O–H groups in total. The molecule has 0 spiro atoms. The van der Waals surface area contributed by atoms with Crippen LogP contribution in [0.5, 0.6) is 0 Å². The van der Waals surface area contributed by atoms with Gasteiger partial charge in [-0.25, -0.2) is 8.78 Å². The van der Waals surface area contributed by atoms with Crippen molar-refractivity contribution in [1.82, 2.24) is 0 Å². The summed E-state index contributed by atoms with van der Waals surface area (Å²) in [7, 11) is 0. The van der Waals surface area contributed by atoms with Crippen molar-refractivity contribution in [2.45, 2.75) is 6.67 Å². The molecule has 6 heteroatoms. The van der Waals surface area contributed by atoms with E-state index >= 15 is 0 Å². The Kier molecular flexibility index (Phi) is 2.92. The second-order valence-electron chi connectivity index (χ2n) is 2.28. The monoisotopic (exact) mass is 251 g/mol. The molecule has 0 radical (unpaired) electrons. The zero-order valence-electron chi connectivity index (χ0n) is 6.26. The molecule has 0 aliphatic heterocycles. The van der Waals surface area contributed by atoms with Gasteiger partial charge in [-0.15, -0.1) is 0 Å². The number of nitrogens with zero attached hydrogens (tertiary/aromatic N) is 1. The molecule has 1 aromatic rings. The number of halogens is 3. The average Bonchev–Trinajstić information content (AvgIpc) is 2.02. The van der Waals surface area contributed by atoms with Crippen LogP contribution in [0.1, 0.15) is 5.56 Å². The quantitative estimate of drug-likeness (QED) is 0.599. The Balaban J connectivity index is 3.38. The summed E-state index contributed by atoms with van der Waals surface area (Å²) in [6.07, 6.45) is 0. The van der Waals surface area contributed by atoms with E-state index in [0.717, 1.165) is 6.07 Å². The van der Waals surface area contributed by atoms with Gasteiger partial charge in [0.15, 0.2) is 0 Å². The van der Waals surface area contributed by atoms with Crippen LogP contribution in [0, 0.1) is 15.9 Å². The first-order valence-corrected chi connectivity index (χ1v) is 4.04. The summed E-state index contributed by atoms with van der Waals surface area (Å²) in [5, 5.41) is 10.3. The maximum absolute atomic E-state index is 12.6. The van der Waals surface area contributed by atoms with Crippen LogP contribution in [0.2, 0.25) is 0 Å². The molecule has 13 heavy (non-hydrogen) atoms. The van der Waals surface area contributed by atoms with Gasteiger partial charge in [-0.3, -0.25) is 10.1 Å². The molecule has 1 rings (SSSR count). The van der Waals surface area contributed by atoms with Crippen molar-refractivity contribution >= 4 is 21.6 Å². The Labute approximate surface area is 80.6 Å². The van der Waals surface area contributed by atoms with Gasteiger partial charge in [0.1, 0.15) is 12.5 Å². The third-order valence-corrected chi connectivity index (χ3v) is 2.17. The van der Waals surface area contributed by atoms with Gasteiger partial charge >= 0.3 is 0 Å². The molecule has 0 heterocycles. The standard InChI is InChI=1S/C7H4BrF2NO2/c8-6-1-4(10)2-7(11(12)13)5(6)3-9/h1-2H,3H2. The average molecular weight is 252 g/mol. The van der Waals surface area contributed by atoms with Crippen LogP contribution < -0.4 is 0 Å². The largest absolute Gasteiger partial charge is 0.279 e. The van der Waals surface area contributed by atoms with Gasteiger partial charge in [0.05, 0.1) is 16.6 Å². The lowest BCUT2D eigenvalue weighted by molar-refractivity contribution is -0.386. The van der Waals surface area contributed by atoms with Gasteiger partial charge in [-0.2, -0.15) is 0 Å². The third-order valence-electron chi connectivity index (χ3n) is 1.47. The molecule has 0 saturated heterocycles. The predicted molar refractivity (Wildman–Crippen MR) is 45.6 cm³/mol. The SMILES string of the molecule is O=[N+]([O-])c1cc(F)cc(Br)c1CF. The first-order chi connectivity index (χ1) is 6.06. The van der Waals surface area contributed by atoms with Gasteiger partial charge in [0, 0.05) is 4.47 Å². The lowest BCUT2D eigenvalue weighted by Gasteiger charge is -2.00. The van der Waals surface area contributed by atoms with E-state index in [1.807, 2.05) is 0 Å². The number of nitro benzene ring substituents is 1. The maximum Gasteiger partial charge on any atom is 0.279 e. The highest BCUT2D eigenvalue weighted by molar-refractivity contribution is 9.10. The molecule has 0 amide bonds. The predicted octanol–water partition coefficient (Wildman–Crippen LogP) is 2.97. The van der Waals surface area contributed by atoms with Crippen molar-refractivity contribution in [2.75, 3.05) is 0 Å². The minimum Gasteiger partial charge on any atom is -0.258 e. The van der Waals surface area contributed by atoms with Crippen molar-refractivity contribution in [1.29, 1.82) is 0 Å². The van der Waals surface area contributed by atoms with Crippen LogP contribution in [0.15, 0.2) is 16.6 Å². The lowest BCUT2D eigenvalue weighted by Crippen LogP contribution is -1.96. The summed E-state index contributed by atoms with van der Waals surface area (Å²) < 4.78 is 25.0. The molecule has 70 valence electrons. The Morgan fingerprint density at radius 1 is 1.54 bits per heavy atom. The first-order valence-electron chi connectivity index (χ1n) is 3.24. The zero-order chi connectivity index (χ0) is 10.0. The molecule has 0 fully saturated rings. The first kappa shape index (κ1) is 10.0. The molecule has 0 aliphatic rings. The fourth-order valence-corrected chi connectivity index (χ4v) is 1.41. The fourth-order valence-electron chi connectivity index (χ4n) is 0.885. The van der Waals surface area contributed by atoms with Crippen LogP contribution in [0.4, 0.5) is 14.5 Å². The normalized spacial score (nSPS) is 10.1. The topological polar surface area (TPSA) is 43.1 Å².